The number of nitrogens with zero attached hydrogens (tertiary/aromatic N) is 3. The summed E-state index contributed by atoms with van der Waals surface area (Å²) in [6.45, 7) is 4.10. The molecule has 1 heterocycles. The van der Waals surface area contributed by atoms with Crippen molar-refractivity contribution in [1.82, 2.24) is 14.8 Å². The van der Waals surface area contributed by atoms with Gasteiger partial charge in [0.1, 0.15) is 5.75 Å². The highest BCUT2D eigenvalue weighted by Crippen LogP contribution is 2.28. The minimum atomic E-state index is -0.126. The quantitative estimate of drug-likeness (QED) is 0.392. The molecule has 0 bridgehead atoms. The second-order valence-electron chi connectivity index (χ2n) is 7.41. The van der Waals surface area contributed by atoms with Gasteiger partial charge < -0.3 is 10.1 Å². The Hall–Kier alpha value is -3.58. The van der Waals surface area contributed by atoms with Crippen LogP contribution < -0.4 is 10.1 Å². The summed E-state index contributed by atoms with van der Waals surface area (Å²) in [6.07, 6.45) is 0. The van der Waals surface area contributed by atoms with E-state index >= 15 is 0 Å². The molecule has 0 aliphatic carbocycles. The molecule has 0 saturated carbocycles. The van der Waals surface area contributed by atoms with Crippen LogP contribution in [0.2, 0.25) is 0 Å². The third-order valence-corrected chi connectivity index (χ3v) is 5.85. The number of benzene rings is 3. The number of anilines is 1. The predicted octanol–water partition coefficient (Wildman–Crippen LogP) is 5.29. The van der Waals surface area contributed by atoms with Crippen molar-refractivity contribution in [2.75, 3.05) is 18.2 Å². The molecule has 0 fully saturated rings. The molecule has 4 aromatic rings. The van der Waals surface area contributed by atoms with Gasteiger partial charge in [0.05, 0.1) is 12.9 Å². The Balaban J connectivity index is 1.58. The van der Waals surface area contributed by atoms with Crippen LogP contribution in [0.4, 0.5) is 5.69 Å². The van der Waals surface area contributed by atoms with Gasteiger partial charge in [-0.3, -0.25) is 9.36 Å². The molecule has 0 radical (unpaired) electrons. The fourth-order valence-corrected chi connectivity index (χ4v) is 3.96. The number of aryl methyl sites for hydroxylation is 2. The number of hydrogen-bond acceptors (Lipinski definition) is 5. The first kappa shape index (κ1) is 21.6. The van der Waals surface area contributed by atoms with Gasteiger partial charge in [0.2, 0.25) is 5.91 Å². The Morgan fingerprint density at radius 1 is 0.969 bits per heavy atom. The molecule has 162 valence electrons. The van der Waals surface area contributed by atoms with Gasteiger partial charge in [-0.15, -0.1) is 10.2 Å². The van der Waals surface area contributed by atoms with Crippen LogP contribution in [0.25, 0.3) is 17.1 Å². The molecule has 1 aromatic heterocycles. The van der Waals surface area contributed by atoms with E-state index < -0.39 is 0 Å². The number of thioether (sulfide) groups is 1. The molecule has 3 aromatic carbocycles. The number of aromatic nitrogens is 3. The normalized spacial score (nSPS) is 10.7. The molecular formula is C25H24N4O2S. The van der Waals surface area contributed by atoms with Crippen LogP contribution in [0.1, 0.15) is 11.1 Å². The van der Waals surface area contributed by atoms with Crippen molar-refractivity contribution in [2.45, 2.75) is 19.0 Å². The number of nitrogens with one attached hydrogen (secondary N) is 1. The number of ether oxygens (including phenoxy) is 1. The van der Waals surface area contributed by atoms with E-state index in [9.17, 15) is 4.79 Å². The fraction of sp³-hybridized carbons (Fsp3) is 0.160. The Morgan fingerprint density at radius 2 is 1.66 bits per heavy atom. The SMILES string of the molecule is COc1cccc(NC(=O)CSc2nnc(-c3ccc(C)cc3)n2-c2ccc(C)cc2)c1. The Labute approximate surface area is 191 Å². The van der Waals surface area contributed by atoms with Crippen molar-refractivity contribution < 1.29 is 9.53 Å². The van der Waals surface area contributed by atoms with E-state index in [1.165, 1.54) is 22.9 Å². The topological polar surface area (TPSA) is 69.0 Å². The summed E-state index contributed by atoms with van der Waals surface area (Å²) >= 11 is 1.35. The first-order valence-electron chi connectivity index (χ1n) is 10.2. The number of methoxy groups -OCH3 is 1. The van der Waals surface area contributed by atoms with Crippen LogP contribution in [0.5, 0.6) is 5.75 Å². The van der Waals surface area contributed by atoms with Crippen molar-refractivity contribution in [3.63, 3.8) is 0 Å². The second-order valence-corrected chi connectivity index (χ2v) is 8.35. The highest BCUT2D eigenvalue weighted by Gasteiger charge is 2.17. The molecule has 0 unspecified atom stereocenters. The number of carbonyl (C=O) groups excluding carboxylic acids is 1. The van der Waals surface area contributed by atoms with Gasteiger partial charge in [0.25, 0.3) is 0 Å². The predicted molar refractivity (Wildman–Crippen MR) is 129 cm³/mol. The summed E-state index contributed by atoms with van der Waals surface area (Å²) < 4.78 is 7.21. The molecule has 0 spiro atoms. The minimum Gasteiger partial charge on any atom is -0.497 e. The van der Waals surface area contributed by atoms with E-state index in [4.69, 9.17) is 4.74 Å². The van der Waals surface area contributed by atoms with Gasteiger partial charge in [0.15, 0.2) is 11.0 Å². The standard InChI is InChI=1S/C25H24N4O2S/c1-17-7-11-19(12-8-17)24-27-28-25(29(24)21-13-9-18(2)10-14-21)32-16-23(30)26-20-5-4-6-22(15-20)31-3/h4-15H,16H2,1-3H3,(H,26,30). The molecule has 32 heavy (non-hydrogen) atoms. The van der Waals surface area contributed by atoms with Gasteiger partial charge in [0, 0.05) is 23.0 Å². The van der Waals surface area contributed by atoms with Crippen molar-refractivity contribution in [1.29, 1.82) is 0 Å². The Kier molecular flexibility index (Phi) is 6.56. The lowest BCUT2D eigenvalue weighted by Crippen LogP contribution is -2.14. The zero-order valence-corrected chi connectivity index (χ0v) is 19.0. The molecule has 7 heteroatoms. The maximum atomic E-state index is 12.6. The van der Waals surface area contributed by atoms with Crippen LogP contribution in [-0.4, -0.2) is 33.5 Å². The van der Waals surface area contributed by atoms with Crippen molar-refractivity contribution >= 4 is 23.4 Å². The van der Waals surface area contributed by atoms with Crippen molar-refractivity contribution in [2.24, 2.45) is 0 Å². The third-order valence-electron chi connectivity index (χ3n) is 4.92. The van der Waals surface area contributed by atoms with E-state index in [1.807, 2.05) is 47.0 Å². The average Bonchev–Trinajstić information content (AvgIpc) is 3.23. The smallest absolute Gasteiger partial charge is 0.234 e. The zero-order chi connectivity index (χ0) is 22.5. The lowest BCUT2D eigenvalue weighted by atomic mass is 10.1. The van der Waals surface area contributed by atoms with Crippen LogP contribution in [0, 0.1) is 13.8 Å². The summed E-state index contributed by atoms with van der Waals surface area (Å²) in [5.41, 5.74) is 4.96. The largest absolute Gasteiger partial charge is 0.497 e. The molecule has 1 N–H and O–H groups in total. The summed E-state index contributed by atoms with van der Waals surface area (Å²) in [4.78, 5) is 12.6. The highest BCUT2D eigenvalue weighted by atomic mass is 32.2. The van der Waals surface area contributed by atoms with Gasteiger partial charge in [-0.05, 0) is 38.1 Å². The summed E-state index contributed by atoms with van der Waals surface area (Å²) in [5, 5.41) is 12.4. The van der Waals surface area contributed by atoms with E-state index in [2.05, 4.69) is 53.6 Å². The van der Waals surface area contributed by atoms with Crippen LogP contribution >= 0.6 is 11.8 Å². The van der Waals surface area contributed by atoms with Gasteiger partial charge in [-0.2, -0.15) is 0 Å². The molecule has 0 aliphatic heterocycles. The van der Waals surface area contributed by atoms with Crippen molar-refractivity contribution in [3.8, 4) is 22.8 Å². The fourth-order valence-electron chi connectivity index (χ4n) is 3.21. The molecule has 0 aliphatic rings. The summed E-state index contributed by atoms with van der Waals surface area (Å²) in [7, 11) is 1.60. The lowest BCUT2D eigenvalue weighted by molar-refractivity contribution is -0.113. The van der Waals surface area contributed by atoms with Gasteiger partial charge in [-0.25, -0.2) is 0 Å². The molecular weight excluding hydrogens is 420 g/mol. The van der Waals surface area contributed by atoms with Gasteiger partial charge in [-0.1, -0.05) is 65.4 Å². The molecule has 1 amide bonds. The minimum absolute atomic E-state index is 0.126. The maximum absolute atomic E-state index is 12.6. The Morgan fingerprint density at radius 3 is 2.34 bits per heavy atom. The number of carbonyl (C=O) groups is 1. The number of rotatable bonds is 7. The molecule has 0 saturated heterocycles. The second kappa shape index (κ2) is 9.70. The van der Waals surface area contributed by atoms with Crippen LogP contribution in [0.15, 0.2) is 78.0 Å². The van der Waals surface area contributed by atoms with Gasteiger partial charge >= 0.3 is 0 Å². The zero-order valence-electron chi connectivity index (χ0n) is 18.2. The molecule has 6 nitrogen and oxygen atoms in total. The first-order valence-corrected chi connectivity index (χ1v) is 11.2. The highest BCUT2D eigenvalue weighted by molar-refractivity contribution is 7.99. The van der Waals surface area contributed by atoms with Crippen LogP contribution in [-0.2, 0) is 4.79 Å². The van der Waals surface area contributed by atoms with E-state index in [0.29, 0.717) is 16.6 Å². The first-order chi connectivity index (χ1) is 15.5. The monoisotopic (exact) mass is 444 g/mol. The van der Waals surface area contributed by atoms with E-state index in [1.54, 1.807) is 13.2 Å². The number of amides is 1. The maximum Gasteiger partial charge on any atom is 0.234 e. The van der Waals surface area contributed by atoms with Crippen LogP contribution in [0.3, 0.4) is 0 Å². The molecule has 4 rings (SSSR count). The van der Waals surface area contributed by atoms with Crippen molar-refractivity contribution in [3.05, 3.63) is 83.9 Å². The number of hydrogen-bond donors (Lipinski definition) is 1. The third kappa shape index (κ3) is 5.00. The molecule has 0 atom stereocenters. The lowest BCUT2D eigenvalue weighted by Gasteiger charge is -2.11. The average molecular weight is 445 g/mol. The Bertz CT molecular complexity index is 1220. The van der Waals surface area contributed by atoms with E-state index in [0.717, 1.165) is 17.1 Å². The summed E-state index contributed by atoms with van der Waals surface area (Å²) in [5.74, 6) is 1.51. The summed E-state index contributed by atoms with van der Waals surface area (Å²) in [6, 6.07) is 23.6. The van der Waals surface area contributed by atoms with E-state index in [-0.39, 0.29) is 11.7 Å².